The highest BCUT2D eigenvalue weighted by Crippen LogP contribution is 2.32. The van der Waals surface area contributed by atoms with E-state index in [9.17, 15) is 18.0 Å². The zero-order valence-electron chi connectivity index (χ0n) is 15.7. The minimum absolute atomic E-state index is 0.0356. The minimum atomic E-state index is -3.15. The van der Waals surface area contributed by atoms with Gasteiger partial charge in [0.25, 0.3) is 5.91 Å². The molecular weight excluding hydrogens is 461 g/mol. The van der Waals surface area contributed by atoms with Crippen LogP contribution in [0.1, 0.15) is 48.9 Å². The summed E-state index contributed by atoms with van der Waals surface area (Å²) in [4.78, 5) is 27.1. The molecule has 1 aromatic carbocycles. The monoisotopic (exact) mass is 481 g/mol. The summed E-state index contributed by atoms with van der Waals surface area (Å²) in [5.41, 5.74) is -0.0960. The first kappa shape index (κ1) is 22.7. The second-order valence-electron chi connectivity index (χ2n) is 7.44. The second-order valence-corrected chi connectivity index (χ2v) is 10.9. The van der Waals surface area contributed by atoms with Gasteiger partial charge in [-0.05, 0) is 31.4 Å². The lowest BCUT2D eigenvalue weighted by molar-refractivity contribution is -0.140. The number of benzene rings is 1. The third-order valence-corrected chi connectivity index (χ3v) is 8.30. The standard InChI is InChI=1S/C19H22Cl3NO5S/c20-14-6-7-15(21)18(22)17(14)19(25)28-10-16(24)23(12-4-2-1-3-5-12)13-8-9-29(26,27)11-13/h6-7,12-13H,1-5,8-11H2. The second kappa shape index (κ2) is 9.41. The van der Waals surface area contributed by atoms with Crippen molar-refractivity contribution in [2.75, 3.05) is 18.1 Å². The molecule has 6 nitrogen and oxygen atoms in total. The number of carbonyl (C=O) groups excluding carboxylic acids is 2. The van der Waals surface area contributed by atoms with Gasteiger partial charge < -0.3 is 9.64 Å². The van der Waals surface area contributed by atoms with Gasteiger partial charge in [0.2, 0.25) is 0 Å². The maximum absolute atomic E-state index is 13.0. The molecule has 0 bridgehead atoms. The van der Waals surface area contributed by atoms with E-state index >= 15 is 0 Å². The lowest BCUT2D eigenvalue weighted by Gasteiger charge is -2.38. The number of halogens is 3. The van der Waals surface area contributed by atoms with Crippen LogP contribution in [0.2, 0.25) is 15.1 Å². The van der Waals surface area contributed by atoms with Crippen LogP contribution >= 0.6 is 34.8 Å². The number of hydrogen-bond donors (Lipinski definition) is 0. The Morgan fingerprint density at radius 1 is 1.00 bits per heavy atom. The van der Waals surface area contributed by atoms with Crippen molar-refractivity contribution in [3.8, 4) is 0 Å². The molecule has 0 spiro atoms. The number of ether oxygens (including phenoxy) is 1. The van der Waals surface area contributed by atoms with E-state index in [1.807, 2.05) is 0 Å². The van der Waals surface area contributed by atoms with Crippen molar-refractivity contribution >= 4 is 56.5 Å². The number of nitrogens with zero attached hydrogens (tertiary/aromatic N) is 1. The van der Waals surface area contributed by atoms with Gasteiger partial charge in [-0.2, -0.15) is 0 Å². The zero-order valence-corrected chi connectivity index (χ0v) is 18.8. The van der Waals surface area contributed by atoms with Crippen LogP contribution in [0.25, 0.3) is 0 Å². The smallest absolute Gasteiger partial charge is 0.341 e. The Labute approximate surface area is 185 Å². The fourth-order valence-corrected chi connectivity index (χ4v) is 6.44. The number of carbonyl (C=O) groups is 2. The SMILES string of the molecule is O=C(OCC(=O)N(C1CCCCC1)C1CCS(=O)(=O)C1)c1c(Cl)ccc(Cl)c1Cl. The summed E-state index contributed by atoms with van der Waals surface area (Å²) in [7, 11) is -3.15. The normalized spacial score (nSPS) is 21.7. The first-order valence-corrected chi connectivity index (χ1v) is 12.5. The van der Waals surface area contributed by atoms with Gasteiger partial charge in [-0.25, -0.2) is 13.2 Å². The molecule has 0 N–H and O–H groups in total. The molecule has 1 atom stereocenters. The molecular formula is C19H22Cl3NO5S. The molecule has 0 aromatic heterocycles. The largest absolute Gasteiger partial charge is 0.452 e. The van der Waals surface area contributed by atoms with Gasteiger partial charge in [0, 0.05) is 12.1 Å². The van der Waals surface area contributed by atoms with Gasteiger partial charge in [-0.3, -0.25) is 4.79 Å². The van der Waals surface area contributed by atoms with Crippen LogP contribution in [0.15, 0.2) is 12.1 Å². The maximum atomic E-state index is 13.0. The highest BCUT2D eigenvalue weighted by molar-refractivity contribution is 7.91. The van der Waals surface area contributed by atoms with E-state index in [-0.39, 0.29) is 44.2 Å². The zero-order chi connectivity index (χ0) is 21.2. The van der Waals surface area contributed by atoms with Crippen LogP contribution in [-0.4, -0.2) is 55.4 Å². The van der Waals surface area contributed by atoms with E-state index < -0.39 is 28.3 Å². The van der Waals surface area contributed by atoms with Crippen molar-refractivity contribution < 1.29 is 22.7 Å². The first-order valence-electron chi connectivity index (χ1n) is 9.52. The number of amides is 1. The fourth-order valence-electron chi connectivity index (χ4n) is 4.05. The van der Waals surface area contributed by atoms with Crippen LogP contribution in [0.5, 0.6) is 0 Å². The van der Waals surface area contributed by atoms with Gasteiger partial charge in [0.05, 0.1) is 32.1 Å². The lowest BCUT2D eigenvalue weighted by Crippen LogP contribution is -2.50. The average Bonchev–Trinajstić information content (AvgIpc) is 3.03. The molecule has 1 unspecified atom stereocenters. The molecule has 0 radical (unpaired) electrons. The highest BCUT2D eigenvalue weighted by Gasteiger charge is 2.38. The number of esters is 1. The molecule has 1 saturated carbocycles. The number of hydrogen-bond acceptors (Lipinski definition) is 5. The molecule has 1 aliphatic carbocycles. The summed E-state index contributed by atoms with van der Waals surface area (Å²) in [5.74, 6) is -1.23. The predicted molar refractivity (Wildman–Crippen MR) is 113 cm³/mol. The topological polar surface area (TPSA) is 80.8 Å². The molecule has 1 aliphatic heterocycles. The van der Waals surface area contributed by atoms with Crippen molar-refractivity contribution in [1.82, 2.24) is 4.90 Å². The summed E-state index contributed by atoms with van der Waals surface area (Å²) in [6.45, 7) is -0.509. The minimum Gasteiger partial charge on any atom is -0.452 e. The van der Waals surface area contributed by atoms with Gasteiger partial charge in [0.1, 0.15) is 0 Å². The number of rotatable bonds is 5. The third-order valence-electron chi connectivity index (χ3n) is 5.43. The average molecular weight is 483 g/mol. The molecule has 1 heterocycles. The van der Waals surface area contributed by atoms with Crippen molar-refractivity contribution in [2.45, 2.75) is 50.6 Å². The summed E-state index contributed by atoms with van der Waals surface area (Å²) >= 11 is 18.0. The van der Waals surface area contributed by atoms with Crippen molar-refractivity contribution in [3.63, 3.8) is 0 Å². The van der Waals surface area contributed by atoms with Crippen molar-refractivity contribution in [3.05, 3.63) is 32.8 Å². The highest BCUT2D eigenvalue weighted by atomic mass is 35.5. The molecule has 1 amide bonds. The first-order chi connectivity index (χ1) is 13.7. The van der Waals surface area contributed by atoms with Gasteiger partial charge in [0.15, 0.2) is 16.4 Å². The predicted octanol–water partition coefficient (Wildman–Crippen LogP) is 4.15. The van der Waals surface area contributed by atoms with E-state index in [0.29, 0.717) is 6.42 Å². The quantitative estimate of drug-likeness (QED) is 0.465. The van der Waals surface area contributed by atoms with Crippen LogP contribution in [0.3, 0.4) is 0 Å². The van der Waals surface area contributed by atoms with Crippen LogP contribution in [-0.2, 0) is 19.4 Å². The Bertz CT molecular complexity index is 899. The van der Waals surface area contributed by atoms with E-state index in [4.69, 9.17) is 39.5 Å². The van der Waals surface area contributed by atoms with Crippen LogP contribution in [0.4, 0.5) is 0 Å². The molecule has 10 heteroatoms. The van der Waals surface area contributed by atoms with Crippen LogP contribution < -0.4 is 0 Å². The molecule has 2 aliphatic rings. The Hall–Kier alpha value is -1.02. The molecule has 1 saturated heterocycles. The van der Waals surface area contributed by atoms with E-state index in [1.54, 1.807) is 4.90 Å². The summed E-state index contributed by atoms with van der Waals surface area (Å²) in [5, 5.41) is 0.180. The summed E-state index contributed by atoms with van der Waals surface area (Å²) in [6, 6.07) is 2.46. The van der Waals surface area contributed by atoms with Gasteiger partial charge in [-0.1, -0.05) is 54.1 Å². The Morgan fingerprint density at radius 3 is 2.28 bits per heavy atom. The Kier molecular flexibility index (Phi) is 7.36. The van der Waals surface area contributed by atoms with Gasteiger partial charge >= 0.3 is 5.97 Å². The van der Waals surface area contributed by atoms with Crippen LogP contribution in [0, 0.1) is 0 Å². The van der Waals surface area contributed by atoms with E-state index in [2.05, 4.69) is 0 Å². The molecule has 160 valence electrons. The van der Waals surface area contributed by atoms with Crippen molar-refractivity contribution in [2.24, 2.45) is 0 Å². The third kappa shape index (κ3) is 5.37. The van der Waals surface area contributed by atoms with Gasteiger partial charge in [-0.15, -0.1) is 0 Å². The summed E-state index contributed by atoms with van der Waals surface area (Å²) in [6.07, 6.45) is 5.12. The molecule has 29 heavy (non-hydrogen) atoms. The Morgan fingerprint density at radius 2 is 1.66 bits per heavy atom. The molecule has 1 aromatic rings. The van der Waals surface area contributed by atoms with E-state index in [0.717, 1.165) is 32.1 Å². The summed E-state index contributed by atoms with van der Waals surface area (Å²) < 4.78 is 29.1. The fraction of sp³-hybridized carbons (Fsp3) is 0.579. The van der Waals surface area contributed by atoms with E-state index in [1.165, 1.54) is 12.1 Å². The molecule has 2 fully saturated rings. The molecule has 3 rings (SSSR count). The lowest BCUT2D eigenvalue weighted by atomic mass is 9.93. The van der Waals surface area contributed by atoms with Crippen molar-refractivity contribution in [1.29, 1.82) is 0 Å². The Balaban J connectivity index is 1.73. The number of sulfone groups is 1. The maximum Gasteiger partial charge on any atom is 0.341 e.